The highest BCUT2D eigenvalue weighted by molar-refractivity contribution is 5.81. The Morgan fingerprint density at radius 3 is 2.90 bits per heavy atom. The molecular weight excluding hydrogens is 268 g/mol. The zero-order valence-electron chi connectivity index (χ0n) is 12.1. The maximum absolute atomic E-state index is 12.2. The highest BCUT2D eigenvalue weighted by atomic mass is 16.5. The largest absolute Gasteiger partial charge is 0.399 e. The average molecular weight is 288 g/mol. The Kier molecular flexibility index (Phi) is 3.79. The van der Waals surface area contributed by atoms with Crippen LogP contribution >= 0.6 is 0 Å². The topological polar surface area (TPSA) is 84.2 Å². The predicted molar refractivity (Wildman–Crippen MR) is 83.6 cm³/mol. The third kappa shape index (κ3) is 2.85. The molecule has 21 heavy (non-hydrogen) atoms. The second-order valence-electron chi connectivity index (χ2n) is 5.31. The Labute approximate surface area is 122 Å². The molecule has 3 N–H and O–H groups in total. The summed E-state index contributed by atoms with van der Waals surface area (Å²) in [6.07, 6.45) is 2.23. The molecule has 1 aliphatic rings. The number of fused-ring (bicyclic) bond motifs is 1. The molecule has 0 aliphatic carbocycles. The number of piperidine rings is 1. The summed E-state index contributed by atoms with van der Waals surface area (Å²) in [6, 6.07) is 5.21. The maximum atomic E-state index is 12.2. The highest BCUT2D eigenvalue weighted by Gasteiger charge is 2.21. The van der Waals surface area contributed by atoms with Gasteiger partial charge in [0.05, 0.1) is 17.0 Å². The molecule has 0 radical (unpaired) electrons. The van der Waals surface area contributed by atoms with Crippen molar-refractivity contribution in [2.24, 2.45) is 0 Å². The maximum Gasteiger partial charge on any atom is 0.260 e. The summed E-state index contributed by atoms with van der Waals surface area (Å²) in [5.41, 5.74) is 6.81. The first kappa shape index (κ1) is 13.9. The Hall–Kier alpha value is -2.08. The van der Waals surface area contributed by atoms with Crippen molar-refractivity contribution in [3.63, 3.8) is 0 Å². The van der Waals surface area contributed by atoms with Crippen LogP contribution in [0, 0.1) is 0 Å². The fraction of sp³-hybridized carbons (Fsp3) is 0.467. The van der Waals surface area contributed by atoms with Crippen LogP contribution in [0.2, 0.25) is 0 Å². The van der Waals surface area contributed by atoms with Crippen molar-refractivity contribution in [2.45, 2.75) is 25.9 Å². The van der Waals surface area contributed by atoms with E-state index in [1.54, 1.807) is 18.2 Å². The van der Waals surface area contributed by atoms with Gasteiger partial charge in [0.15, 0.2) is 0 Å². The fourth-order valence-corrected chi connectivity index (χ4v) is 2.76. The average Bonchev–Trinajstić information content (AvgIpc) is 2.49. The van der Waals surface area contributed by atoms with Gasteiger partial charge in [0, 0.05) is 25.4 Å². The second kappa shape index (κ2) is 5.73. The molecule has 0 atom stereocenters. The number of nitrogen functional groups attached to an aromatic ring is 1. The van der Waals surface area contributed by atoms with Crippen LogP contribution in [0.25, 0.3) is 10.9 Å². The molecule has 0 spiro atoms. The van der Waals surface area contributed by atoms with Crippen LogP contribution in [0.4, 0.5) is 11.6 Å². The van der Waals surface area contributed by atoms with Gasteiger partial charge in [-0.2, -0.15) is 0 Å². The molecule has 2 heterocycles. The van der Waals surface area contributed by atoms with Crippen LogP contribution in [0.1, 0.15) is 19.8 Å². The molecule has 1 aromatic carbocycles. The minimum absolute atomic E-state index is 0.144. The van der Waals surface area contributed by atoms with E-state index in [2.05, 4.69) is 14.9 Å². The minimum Gasteiger partial charge on any atom is -0.399 e. The monoisotopic (exact) mass is 288 g/mol. The number of ether oxygens (including phenoxy) is 1. The molecule has 2 aromatic rings. The quantitative estimate of drug-likeness (QED) is 0.836. The number of aromatic amines is 1. The standard InChI is InChI=1S/C15H20N4O2/c1-2-21-11-5-7-19(8-6-11)15-17-13-4-3-10(16)9-12(13)14(20)18-15/h3-4,9,11H,2,5-8,16H2,1H3,(H,17,18,20). The van der Waals surface area contributed by atoms with Crippen molar-refractivity contribution in [2.75, 3.05) is 30.3 Å². The van der Waals surface area contributed by atoms with Crippen molar-refractivity contribution in [3.8, 4) is 0 Å². The van der Waals surface area contributed by atoms with Crippen molar-refractivity contribution in [1.82, 2.24) is 9.97 Å². The van der Waals surface area contributed by atoms with Crippen LogP contribution in [-0.2, 0) is 4.74 Å². The molecule has 6 heteroatoms. The van der Waals surface area contributed by atoms with E-state index in [9.17, 15) is 4.79 Å². The normalized spacial score (nSPS) is 16.5. The predicted octanol–water partition coefficient (Wildman–Crippen LogP) is 1.51. The van der Waals surface area contributed by atoms with E-state index < -0.39 is 0 Å². The number of benzene rings is 1. The van der Waals surface area contributed by atoms with Gasteiger partial charge >= 0.3 is 0 Å². The van der Waals surface area contributed by atoms with E-state index in [-0.39, 0.29) is 5.56 Å². The van der Waals surface area contributed by atoms with Crippen molar-refractivity contribution in [1.29, 1.82) is 0 Å². The summed E-state index contributed by atoms with van der Waals surface area (Å²) in [5.74, 6) is 0.632. The number of H-pyrrole nitrogens is 1. The lowest BCUT2D eigenvalue weighted by molar-refractivity contribution is 0.0457. The summed E-state index contributed by atoms with van der Waals surface area (Å²) in [6.45, 7) is 4.44. The van der Waals surface area contributed by atoms with Gasteiger partial charge in [-0.15, -0.1) is 0 Å². The number of nitrogens with one attached hydrogen (secondary N) is 1. The lowest BCUT2D eigenvalue weighted by atomic mass is 10.1. The fourth-order valence-electron chi connectivity index (χ4n) is 2.76. The molecule has 0 bridgehead atoms. The molecule has 112 valence electrons. The summed E-state index contributed by atoms with van der Waals surface area (Å²) in [5, 5.41) is 0.531. The van der Waals surface area contributed by atoms with Crippen molar-refractivity contribution < 1.29 is 4.74 Å². The molecule has 1 aliphatic heterocycles. The van der Waals surface area contributed by atoms with E-state index in [0.717, 1.165) is 32.5 Å². The molecule has 1 aromatic heterocycles. The van der Waals surface area contributed by atoms with Crippen LogP contribution in [0.15, 0.2) is 23.0 Å². The first-order valence-corrected chi connectivity index (χ1v) is 7.33. The van der Waals surface area contributed by atoms with Crippen LogP contribution in [-0.4, -0.2) is 35.8 Å². The van der Waals surface area contributed by atoms with Gasteiger partial charge in [-0.3, -0.25) is 9.78 Å². The van der Waals surface area contributed by atoms with Gasteiger partial charge in [0.1, 0.15) is 0 Å². The second-order valence-corrected chi connectivity index (χ2v) is 5.31. The zero-order valence-corrected chi connectivity index (χ0v) is 12.1. The third-order valence-electron chi connectivity index (χ3n) is 3.86. The number of nitrogens with two attached hydrogens (primary N) is 1. The lowest BCUT2D eigenvalue weighted by Crippen LogP contribution is -2.38. The Morgan fingerprint density at radius 1 is 1.43 bits per heavy atom. The lowest BCUT2D eigenvalue weighted by Gasteiger charge is -2.32. The minimum atomic E-state index is -0.144. The molecule has 3 rings (SSSR count). The molecule has 0 saturated carbocycles. The first-order chi connectivity index (χ1) is 10.2. The summed E-state index contributed by atoms with van der Waals surface area (Å²) in [4.78, 5) is 21.7. The number of anilines is 2. The first-order valence-electron chi connectivity index (χ1n) is 7.33. The third-order valence-corrected chi connectivity index (χ3v) is 3.86. The molecule has 0 amide bonds. The number of hydrogen-bond acceptors (Lipinski definition) is 5. The van der Waals surface area contributed by atoms with E-state index in [4.69, 9.17) is 10.5 Å². The van der Waals surface area contributed by atoms with Gasteiger partial charge in [0.2, 0.25) is 5.95 Å². The Bertz CT molecular complexity index is 690. The highest BCUT2D eigenvalue weighted by Crippen LogP contribution is 2.19. The van der Waals surface area contributed by atoms with E-state index in [1.165, 1.54) is 0 Å². The number of rotatable bonds is 3. The van der Waals surface area contributed by atoms with E-state index in [0.29, 0.717) is 28.6 Å². The number of aromatic nitrogens is 2. The Morgan fingerprint density at radius 2 is 2.19 bits per heavy atom. The SMILES string of the molecule is CCOC1CCN(c2nc3ccc(N)cc3c(=O)[nH]2)CC1. The molecule has 1 saturated heterocycles. The molecular formula is C15H20N4O2. The van der Waals surface area contributed by atoms with Gasteiger partial charge in [-0.1, -0.05) is 0 Å². The molecule has 0 unspecified atom stereocenters. The smallest absolute Gasteiger partial charge is 0.260 e. The van der Waals surface area contributed by atoms with E-state index >= 15 is 0 Å². The zero-order chi connectivity index (χ0) is 14.8. The molecule has 1 fully saturated rings. The van der Waals surface area contributed by atoms with Gasteiger partial charge in [-0.25, -0.2) is 4.98 Å². The van der Waals surface area contributed by atoms with Crippen LogP contribution < -0.4 is 16.2 Å². The van der Waals surface area contributed by atoms with Gasteiger partial charge < -0.3 is 15.4 Å². The summed E-state index contributed by atoms with van der Waals surface area (Å²) in [7, 11) is 0. The van der Waals surface area contributed by atoms with Crippen molar-refractivity contribution >= 4 is 22.5 Å². The van der Waals surface area contributed by atoms with Crippen molar-refractivity contribution in [3.05, 3.63) is 28.6 Å². The summed E-state index contributed by atoms with van der Waals surface area (Å²) < 4.78 is 5.64. The van der Waals surface area contributed by atoms with Gasteiger partial charge in [-0.05, 0) is 38.0 Å². The number of hydrogen-bond donors (Lipinski definition) is 2. The van der Waals surface area contributed by atoms with E-state index in [1.807, 2.05) is 6.92 Å². The van der Waals surface area contributed by atoms with Crippen LogP contribution in [0.3, 0.4) is 0 Å². The van der Waals surface area contributed by atoms with Crippen LogP contribution in [0.5, 0.6) is 0 Å². The van der Waals surface area contributed by atoms with Gasteiger partial charge in [0.25, 0.3) is 5.56 Å². The number of nitrogens with zero attached hydrogens (tertiary/aromatic N) is 2. The Balaban J connectivity index is 1.85. The molecule has 6 nitrogen and oxygen atoms in total. The summed E-state index contributed by atoms with van der Waals surface area (Å²) >= 11 is 0.